The van der Waals surface area contributed by atoms with Gasteiger partial charge >= 0.3 is 6.18 Å². The van der Waals surface area contributed by atoms with Crippen molar-refractivity contribution in [2.45, 2.75) is 6.18 Å². The first-order valence-corrected chi connectivity index (χ1v) is 6.73. The number of imidazole rings is 1. The van der Waals surface area contributed by atoms with Gasteiger partial charge in [-0.1, -0.05) is 23.2 Å². The molecular formula is C14H6Cl2F4N2. The van der Waals surface area contributed by atoms with Gasteiger partial charge < -0.3 is 0 Å². The predicted octanol–water partition coefficient (Wildman–Crippen LogP) is 5.47. The van der Waals surface area contributed by atoms with E-state index >= 15 is 0 Å². The van der Waals surface area contributed by atoms with Gasteiger partial charge in [-0.25, -0.2) is 9.37 Å². The maximum Gasteiger partial charge on any atom is 0.431 e. The van der Waals surface area contributed by atoms with Crippen LogP contribution in [-0.4, -0.2) is 9.38 Å². The molecule has 1 aromatic carbocycles. The Morgan fingerprint density at radius 2 is 1.82 bits per heavy atom. The van der Waals surface area contributed by atoms with E-state index in [-0.39, 0.29) is 26.8 Å². The summed E-state index contributed by atoms with van der Waals surface area (Å²) in [5, 5.41) is -0.0732. The van der Waals surface area contributed by atoms with Gasteiger partial charge in [-0.3, -0.25) is 4.40 Å². The molecule has 0 bridgehead atoms. The number of fused-ring (bicyclic) bond motifs is 1. The fourth-order valence-corrected chi connectivity index (χ4v) is 2.66. The smallest absolute Gasteiger partial charge is 0.295 e. The number of benzene rings is 1. The van der Waals surface area contributed by atoms with Crippen molar-refractivity contribution in [2.24, 2.45) is 0 Å². The summed E-state index contributed by atoms with van der Waals surface area (Å²) in [6.45, 7) is 0. The summed E-state index contributed by atoms with van der Waals surface area (Å²) in [5.74, 6) is -0.695. The maximum absolute atomic E-state index is 14.1. The van der Waals surface area contributed by atoms with E-state index < -0.39 is 17.7 Å². The Labute approximate surface area is 131 Å². The largest absolute Gasteiger partial charge is 0.431 e. The Kier molecular flexibility index (Phi) is 3.53. The molecule has 3 aromatic rings. The van der Waals surface area contributed by atoms with Gasteiger partial charge in [-0.05, 0) is 24.3 Å². The molecule has 0 unspecified atom stereocenters. The van der Waals surface area contributed by atoms with E-state index in [1.54, 1.807) is 0 Å². The lowest BCUT2D eigenvalue weighted by atomic mass is 10.1. The van der Waals surface area contributed by atoms with E-state index in [1.165, 1.54) is 18.3 Å². The molecule has 0 fully saturated rings. The summed E-state index contributed by atoms with van der Waals surface area (Å²) < 4.78 is 54.0. The van der Waals surface area contributed by atoms with Crippen LogP contribution in [0.5, 0.6) is 0 Å². The lowest BCUT2D eigenvalue weighted by Gasteiger charge is -2.14. The van der Waals surface area contributed by atoms with Crippen LogP contribution in [0.4, 0.5) is 17.6 Å². The van der Waals surface area contributed by atoms with Gasteiger partial charge in [-0.15, -0.1) is 0 Å². The van der Waals surface area contributed by atoms with Gasteiger partial charge in [0.2, 0.25) is 0 Å². The summed E-state index contributed by atoms with van der Waals surface area (Å²) in [5.41, 5.74) is -0.961. The van der Waals surface area contributed by atoms with Crippen LogP contribution in [0.3, 0.4) is 0 Å². The van der Waals surface area contributed by atoms with Crippen LogP contribution < -0.4 is 0 Å². The number of aromatic nitrogens is 2. The van der Waals surface area contributed by atoms with E-state index in [9.17, 15) is 17.6 Å². The van der Waals surface area contributed by atoms with Gasteiger partial charge in [0.1, 0.15) is 17.2 Å². The molecule has 22 heavy (non-hydrogen) atoms. The highest BCUT2D eigenvalue weighted by Gasteiger charge is 2.35. The maximum atomic E-state index is 14.1. The number of halogens is 6. The molecule has 0 aliphatic carbocycles. The van der Waals surface area contributed by atoms with Crippen LogP contribution in [0.15, 0.2) is 36.7 Å². The van der Waals surface area contributed by atoms with E-state index in [2.05, 4.69) is 4.98 Å². The summed E-state index contributed by atoms with van der Waals surface area (Å²) in [6, 6.07) is 4.58. The molecule has 114 valence electrons. The highest BCUT2D eigenvalue weighted by Crippen LogP contribution is 2.39. The first kappa shape index (κ1) is 15.1. The number of alkyl halides is 3. The Bertz CT molecular complexity index is 871. The summed E-state index contributed by atoms with van der Waals surface area (Å²) in [6.07, 6.45) is -2.27. The van der Waals surface area contributed by atoms with Crippen LogP contribution in [0.2, 0.25) is 10.0 Å². The molecular weight excluding hydrogens is 343 g/mol. The summed E-state index contributed by atoms with van der Waals surface area (Å²) in [7, 11) is 0. The van der Waals surface area contributed by atoms with Gasteiger partial charge in [0.05, 0.1) is 5.02 Å². The van der Waals surface area contributed by atoms with E-state index in [0.717, 1.165) is 22.7 Å². The molecule has 0 amide bonds. The number of hydrogen-bond acceptors (Lipinski definition) is 1. The average molecular weight is 349 g/mol. The SMILES string of the molecule is Fc1cc(Cl)ccc1-c1c(Cl)cc(C(F)(F)F)n2ccnc12. The molecule has 0 atom stereocenters. The topological polar surface area (TPSA) is 17.3 Å². The van der Waals surface area contributed by atoms with Crippen LogP contribution in [0.1, 0.15) is 5.69 Å². The minimum atomic E-state index is -4.61. The zero-order valence-electron chi connectivity index (χ0n) is 10.6. The van der Waals surface area contributed by atoms with Crippen molar-refractivity contribution in [1.29, 1.82) is 0 Å². The van der Waals surface area contributed by atoms with Crippen molar-refractivity contribution in [3.05, 3.63) is 58.2 Å². The molecule has 2 nitrogen and oxygen atoms in total. The third kappa shape index (κ3) is 2.42. The number of pyridine rings is 1. The van der Waals surface area contributed by atoms with Crippen LogP contribution in [0, 0.1) is 5.82 Å². The minimum Gasteiger partial charge on any atom is -0.295 e. The Morgan fingerprint density at radius 1 is 1.09 bits per heavy atom. The van der Waals surface area contributed by atoms with Crippen molar-refractivity contribution < 1.29 is 17.6 Å². The molecule has 2 heterocycles. The molecule has 0 N–H and O–H groups in total. The first-order valence-electron chi connectivity index (χ1n) is 5.97. The number of hydrogen-bond donors (Lipinski definition) is 0. The molecule has 0 aliphatic heterocycles. The van der Waals surface area contributed by atoms with Crippen molar-refractivity contribution in [3.8, 4) is 11.1 Å². The second-order valence-corrected chi connectivity index (χ2v) is 5.34. The van der Waals surface area contributed by atoms with Gasteiger partial charge in [0.15, 0.2) is 0 Å². The Morgan fingerprint density at radius 3 is 2.45 bits per heavy atom. The van der Waals surface area contributed by atoms with E-state index in [1.807, 2.05) is 0 Å². The fourth-order valence-electron chi connectivity index (χ4n) is 2.21. The second-order valence-electron chi connectivity index (χ2n) is 4.50. The standard InChI is InChI=1S/C14H6Cl2F4N2/c15-7-1-2-8(10(17)5-7)12-9(16)6-11(14(18,19)20)22-4-3-21-13(12)22/h1-6H. The molecule has 0 spiro atoms. The molecule has 0 saturated heterocycles. The van der Waals surface area contributed by atoms with E-state index in [0.29, 0.717) is 0 Å². The normalized spacial score (nSPS) is 12.1. The molecule has 0 aliphatic rings. The minimum absolute atomic E-state index is 0.0272. The Balaban J connectivity index is 2.37. The third-order valence-electron chi connectivity index (χ3n) is 3.12. The quantitative estimate of drug-likeness (QED) is 0.533. The first-order chi connectivity index (χ1) is 10.3. The molecule has 2 aromatic heterocycles. The third-order valence-corrected chi connectivity index (χ3v) is 3.65. The average Bonchev–Trinajstić information content (AvgIpc) is 2.87. The van der Waals surface area contributed by atoms with Crippen LogP contribution in [-0.2, 0) is 6.18 Å². The van der Waals surface area contributed by atoms with Gasteiger partial charge in [0.25, 0.3) is 0 Å². The van der Waals surface area contributed by atoms with Crippen LogP contribution >= 0.6 is 23.2 Å². The zero-order valence-corrected chi connectivity index (χ0v) is 12.1. The van der Waals surface area contributed by atoms with Crippen molar-refractivity contribution in [2.75, 3.05) is 0 Å². The predicted molar refractivity (Wildman–Crippen MR) is 75.6 cm³/mol. The van der Waals surface area contributed by atoms with Crippen molar-refractivity contribution >= 4 is 28.8 Å². The Hall–Kier alpha value is -1.79. The molecule has 3 rings (SSSR count). The molecule has 0 radical (unpaired) electrons. The molecule has 8 heteroatoms. The fraction of sp³-hybridized carbons (Fsp3) is 0.0714. The van der Waals surface area contributed by atoms with E-state index in [4.69, 9.17) is 23.2 Å². The second kappa shape index (κ2) is 5.14. The van der Waals surface area contributed by atoms with Crippen molar-refractivity contribution in [1.82, 2.24) is 9.38 Å². The number of nitrogens with zero attached hydrogens (tertiary/aromatic N) is 2. The lowest BCUT2D eigenvalue weighted by molar-refractivity contribution is -0.142. The summed E-state index contributed by atoms with van der Waals surface area (Å²) in [4.78, 5) is 3.87. The monoisotopic (exact) mass is 348 g/mol. The summed E-state index contributed by atoms with van der Waals surface area (Å²) >= 11 is 11.6. The lowest BCUT2D eigenvalue weighted by Crippen LogP contribution is -2.12. The zero-order chi connectivity index (χ0) is 16.1. The van der Waals surface area contributed by atoms with Gasteiger partial charge in [-0.2, -0.15) is 13.2 Å². The van der Waals surface area contributed by atoms with Gasteiger partial charge in [0, 0.05) is 28.5 Å². The highest BCUT2D eigenvalue weighted by molar-refractivity contribution is 6.34. The van der Waals surface area contributed by atoms with Crippen molar-refractivity contribution in [3.63, 3.8) is 0 Å². The van der Waals surface area contributed by atoms with Crippen LogP contribution in [0.25, 0.3) is 16.8 Å². The highest BCUT2D eigenvalue weighted by atomic mass is 35.5. The number of rotatable bonds is 1. The molecule has 0 saturated carbocycles.